The summed E-state index contributed by atoms with van der Waals surface area (Å²) in [7, 11) is 2.17. The molecule has 1 unspecified atom stereocenters. The first-order valence-electron chi connectivity index (χ1n) is 11.7. The smallest absolute Gasteiger partial charge is 0.180 e. The molecule has 32 heavy (non-hydrogen) atoms. The topological polar surface area (TPSA) is 58.6 Å². The van der Waals surface area contributed by atoms with E-state index in [1.165, 1.54) is 0 Å². The van der Waals surface area contributed by atoms with Crippen molar-refractivity contribution < 1.29 is 13.2 Å². The fourth-order valence-electron chi connectivity index (χ4n) is 4.69. The molecular weight excluding hydrogens is 420 g/mol. The quantitative estimate of drug-likeness (QED) is 0.549. The van der Waals surface area contributed by atoms with Crippen molar-refractivity contribution in [1.82, 2.24) is 5.32 Å². The molecule has 3 rings (SSSR count). The summed E-state index contributed by atoms with van der Waals surface area (Å²) < 4.78 is 32.8. The third-order valence-electron chi connectivity index (χ3n) is 6.54. The van der Waals surface area contributed by atoms with Crippen molar-refractivity contribution in [2.75, 3.05) is 31.9 Å². The molecule has 1 aliphatic rings. The Kier molecular flexibility index (Phi) is 7.88. The molecule has 1 atom stereocenters. The van der Waals surface area contributed by atoms with Gasteiger partial charge in [0.25, 0.3) is 0 Å². The molecule has 176 valence electrons. The van der Waals surface area contributed by atoms with Gasteiger partial charge < -0.3 is 9.64 Å². The van der Waals surface area contributed by atoms with Gasteiger partial charge in [-0.2, -0.15) is 0 Å². The van der Waals surface area contributed by atoms with Gasteiger partial charge in [0.2, 0.25) is 0 Å². The number of fused-ring (bicyclic) bond motifs is 1. The van der Waals surface area contributed by atoms with Gasteiger partial charge in [-0.1, -0.05) is 51.7 Å². The van der Waals surface area contributed by atoms with E-state index in [1.807, 2.05) is 55.4 Å². The summed E-state index contributed by atoms with van der Waals surface area (Å²) in [5, 5.41) is 3.89. The van der Waals surface area contributed by atoms with Crippen LogP contribution in [0.1, 0.15) is 69.5 Å². The molecule has 1 aliphatic heterocycles. The lowest BCUT2D eigenvalue weighted by atomic mass is 9.86. The van der Waals surface area contributed by atoms with Gasteiger partial charge in [-0.25, -0.2) is 8.42 Å². The highest BCUT2D eigenvalue weighted by atomic mass is 32.2. The van der Waals surface area contributed by atoms with Gasteiger partial charge in [0, 0.05) is 25.3 Å². The SMILES string of the molecule is CCCCC1(CCCC)CS(=O)(=O)c2ccc(N(C)C)cc2C(c2ccc(OC)cc2)N1. The number of methoxy groups -OCH3 is 1. The number of hydrogen-bond donors (Lipinski definition) is 1. The van der Waals surface area contributed by atoms with Crippen LogP contribution in [-0.4, -0.2) is 40.9 Å². The number of ether oxygens (including phenoxy) is 1. The minimum absolute atomic E-state index is 0.140. The van der Waals surface area contributed by atoms with Crippen molar-refractivity contribution in [2.45, 2.75) is 68.8 Å². The zero-order valence-corrected chi connectivity index (χ0v) is 21.0. The lowest BCUT2D eigenvalue weighted by molar-refractivity contribution is 0.278. The second-order valence-electron chi connectivity index (χ2n) is 9.21. The lowest BCUT2D eigenvalue weighted by Gasteiger charge is -2.37. The number of unbranched alkanes of at least 4 members (excludes halogenated alkanes) is 2. The van der Waals surface area contributed by atoms with Crippen molar-refractivity contribution in [2.24, 2.45) is 0 Å². The molecule has 2 aromatic carbocycles. The van der Waals surface area contributed by atoms with Crippen LogP contribution < -0.4 is 15.0 Å². The van der Waals surface area contributed by atoms with Gasteiger partial charge in [-0.05, 0) is 54.3 Å². The molecule has 0 spiro atoms. The number of nitrogens with one attached hydrogen (secondary N) is 1. The molecule has 0 aromatic heterocycles. The van der Waals surface area contributed by atoms with Crippen LogP contribution in [0.5, 0.6) is 5.75 Å². The number of benzene rings is 2. The van der Waals surface area contributed by atoms with E-state index in [2.05, 4.69) is 19.2 Å². The minimum atomic E-state index is -3.45. The van der Waals surface area contributed by atoms with Crippen LogP contribution in [0.4, 0.5) is 5.69 Å². The normalized spacial score (nSPS) is 19.1. The Morgan fingerprint density at radius 3 is 2.19 bits per heavy atom. The molecule has 1 heterocycles. The highest BCUT2D eigenvalue weighted by molar-refractivity contribution is 7.91. The average molecular weight is 459 g/mol. The van der Waals surface area contributed by atoms with Crippen LogP contribution in [-0.2, 0) is 9.84 Å². The first-order chi connectivity index (χ1) is 15.2. The standard InChI is InChI=1S/C26H38N2O3S/c1-6-8-16-26(17-9-7-2)19-32(29,30)24-15-12-21(28(3)4)18-23(24)25(27-26)20-10-13-22(31-5)14-11-20/h10-15,18,25,27H,6-9,16-17,19H2,1-5H3. The molecule has 6 heteroatoms. The third kappa shape index (κ3) is 5.29. The van der Waals surface area contributed by atoms with Crippen molar-refractivity contribution in [3.8, 4) is 5.75 Å². The van der Waals surface area contributed by atoms with Gasteiger partial charge >= 0.3 is 0 Å². The van der Waals surface area contributed by atoms with E-state index in [1.54, 1.807) is 13.2 Å². The Hall–Kier alpha value is -2.05. The Morgan fingerprint density at radius 1 is 1.03 bits per heavy atom. The molecule has 0 saturated carbocycles. The second-order valence-corrected chi connectivity index (χ2v) is 11.2. The minimum Gasteiger partial charge on any atom is -0.497 e. The van der Waals surface area contributed by atoms with E-state index >= 15 is 0 Å². The summed E-state index contributed by atoms with van der Waals surface area (Å²) in [6.07, 6.45) is 5.79. The number of nitrogens with zero attached hydrogens (tertiary/aromatic N) is 1. The maximum absolute atomic E-state index is 13.7. The maximum Gasteiger partial charge on any atom is 0.180 e. The molecule has 1 N–H and O–H groups in total. The Morgan fingerprint density at radius 2 is 1.66 bits per heavy atom. The summed E-state index contributed by atoms with van der Waals surface area (Å²) in [6, 6.07) is 13.5. The van der Waals surface area contributed by atoms with E-state index < -0.39 is 15.4 Å². The fraction of sp³-hybridized carbons (Fsp3) is 0.538. The number of anilines is 1. The average Bonchev–Trinajstić information content (AvgIpc) is 2.88. The maximum atomic E-state index is 13.7. The van der Waals surface area contributed by atoms with Gasteiger partial charge in [0.1, 0.15) is 5.75 Å². The predicted molar refractivity (Wildman–Crippen MR) is 133 cm³/mol. The van der Waals surface area contributed by atoms with Crippen LogP contribution >= 0.6 is 0 Å². The van der Waals surface area contributed by atoms with Crippen LogP contribution in [0.2, 0.25) is 0 Å². The Labute approximate surface area is 194 Å². The number of rotatable bonds is 9. The highest BCUT2D eigenvalue weighted by Gasteiger charge is 2.42. The summed E-state index contributed by atoms with van der Waals surface area (Å²) in [5.74, 6) is 0.932. The Balaban J connectivity index is 2.21. The largest absolute Gasteiger partial charge is 0.497 e. The highest BCUT2D eigenvalue weighted by Crippen LogP contribution is 2.40. The van der Waals surface area contributed by atoms with E-state index in [-0.39, 0.29) is 11.8 Å². The fourth-order valence-corrected chi connectivity index (χ4v) is 6.76. The van der Waals surface area contributed by atoms with Gasteiger partial charge in [0.05, 0.1) is 23.8 Å². The monoisotopic (exact) mass is 458 g/mol. The van der Waals surface area contributed by atoms with Crippen LogP contribution in [0.15, 0.2) is 47.4 Å². The molecule has 0 aliphatic carbocycles. The van der Waals surface area contributed by atoms with Crippen LogP contribution in [0, 0.1) is 0 Å². The first-order valence-corrected chi connectivity index (χ1v) is 13.4. The molecule has 0 bridgehead atoms. The van der Waals surface area contributed by atoms with Crippen LogP contribution in [0.25, 0.3) is 0 Å². The molecule has 0 fully saturated rings. The van der Waals surface area contributed by atoms with Crippen molar-refractivity contribution in [3.63, 3.8) is 0 Å². The molecule has 0 radical (unpaired) electrons. The summed E-state index contributed by atoms with van der Waals surface area (Å²) in [4.78, 5) is 2.47. The first kappa shape index (κ1) is 24.6. The van der Waals surface area contributed by atoms with Gasteiger partial charge in [-0.3, -0.25) is 5.32 Å². The third-order valence-corrected chi connectivity index (χ3v) is 8.51. The molecule has 0 amide bonds. The van der Waals surface area contributed by atoms with E-state index in [0.717, 1.165) is 61.1 Å². The zero-order valence-electron chi connectivity index (χ0n) is 20.1. The predicted octanol–water partition coefficient (Wildman–Crippen LogP) is 5.35. The summed E-state index contributed by atoms with van der Waals surface area (Å²) in [6.45, 7) is 4.33. The molecule has 5 nitrogen and oxygen atoms in total. The van der Waals surface area contributed by atoms with Crippen molar-refractivity contribution in [1.29, 1.82) is 0 Å². The van der Waals surface area contributed by atoms with E-state index in [0.29, 0.717) is 4.90 Å². The lowest BCUT2D eigenvalue weighted by Crippen LogP contribution is -2.50. The second kappa shape index (κ2) is 10.3. The Bertz CT molecular complexity index is 992. The van der Waals surface area contributed by atoms with Crippen LogP contribution in [0.3, 0.4) is 0 Å². The summed E-state index contributed by atoms with van der Waals surface area (Å²) >= 11 is 0. The molecular formula is C26H38N2O3S. The zero-order chi connectivity index (χ0) is 23.4. The van der Waals surface area contributed by atoms with E-state index in [9.17, 15) is 8.42 Å². The number of sulfone groups is 1. The molecule has 0 saturated heterocycles. The van der Waals surface area contributed by atoms with E-state index in [4.69, 9.17) is 4.74 Å². The number of hydrogen-bond acceptors (Lipinski definition) is 5. The van der Waals surface area contributed by atoms with Gasteiger partial charge in [-0.15, -0.1) is 0 Å². The summed E-state index contributed by atoms with van der Waals surface area (Å²) in [5.41, 5.74) is 2.43. The molecule has 2 aromatic rings. The van der Waals surface area contributed by atoms with Crippen molar-refractivity contribution in [3.05, 3.63) is 53.6 Å². The van der Waals surface area contributed by atoms with Crippen molar-refractivity contribution >= 4 is 15.5 Å². The van der Waals surface area contributed by atoms with Gasteiger partial charge in [0.15, 0.2) is 9.84 Å².